The summed E-state index contributed by atoms with van der Waals surface area (Å²) >= 11 is 0. The van der Waals surface area contributed by atoms with Gasteiger partial charge in [0.2, 0.25) is 5.91 Å². The molecule has 0 aliphatic carbocycles. The highest BCUT2D eigenvalue weighted by Crippen LogP contribution is 2.21. The molecule has 4 nitrogen and oxygen atoms in total. The van der Waals surface area contributed by atoms with E-state index in [0.29, 0.717) is 6.61 Å². The summed E-state index contributed by atoms with van der Waals surface area (Å²) in [5.41, 5.74) is 2.51. The molecule has 2 saturated heterocycles. The predicted molar refractivity (Wildman–Crippen MR) is 69.7 cm³/mol. The Kier molecular flexibility index (Phi) is 2.96. The minimum atomic E-state index is 0.134. The molecule has 3 rings (SSSR count). The number of fused-ring (bicyclic) bond motifs is 1. The fourth-order valence-corrected chi connectivity index (χ4v) is 2.68. The number of amides is 1. The van der Waals surface area contributed by atoms with Crippen LogP contribution in [0.5, 0.6) is 0 Å². The zero-order valence-electron chi connectivity index (χ0n) is 10.6. The van der Waals surface area contributed by atoms with Crippen molar-refractivity contribution >= 4 is 11.6 Å². The Balaban J connectivity index is 1.73. The molecule has 2 heterocycles. The zero-order valence-corrected chi connectivity index (χ0v) is 10.6. The van der Waals surface area contributed by atoms with Gasteiger partial charge in [-0.2, -0.15) is 0 Å². The Labute approximate surface area is 107 Å². The van der Waals surface area contributed by atoms with Gasteiger partial charge in [-0.15, -0.1) is 0 Å². The smallest absolute Gasteiger partial charge is 0.249 e. The molecule has 4 heteroatoms. The normalized spacial score (nSPS) is 24.1. The van der Waals surface area contributed by atoms with Crippen LogP contribution in [0.2, 0.25) is 0 Å². The lowest BCUT2D eigenvalue weighted by Gasteiger charge is -2.44. The van der Waals surface area contributed by atoms with Crippen LogP contribution >= 0.6 is 0 Å². The van der Waals surface area contributed by atoms with Crippen molar-refractivity contribution in [2.75, 3.05) is 37.7 Å². The van der Waals surface area contributed by atoms with Gasteiger partial charge in [-0.25, -0.2) is 0 Å². The van der Waals surface area contributed by atoms with Crippen LogP contribution in [0.3, 0.4) is 0 Å². The number of nitrogens with zero attached hydrogens (tertiary/aromatic N) is 2. The Morgan fingerprint density at radius 3 is 2.78 bits per heavy atom. The van der Waals surface area contributed by atoms with Crippen LogP contribution in [0.4, 0.5) is 5.69 Å². The summed E-state index contributed by atoms with van der Waals surface area (Å²) in [5, 5.41) is 0. The molecule has 2 aliphatic heterocycles. The van der Waals surface area contributed by atoms with E-state index in [1.54, 1.807) is 0 Å². The van der Waals surface area contributed by atoms with Crippen LogP contribution in [0.15, 0.2) is 24.3 Å². The van der Waals surface area contributed by atoms with E-state index in [9.17, 15) is 4.79 Å². The summed E-state index contributed by atoms with van der Waals surface area (Å²) < 4.78 is 5.34. The number of benzene rings is 1. The third-order valence-corrected chi connectivity index (χ3v) is 3.74. The number of hydrogen-bond acceptors (Lipinski definition) is 3. The maximum absolute atomic E-state index is 11.7. The van der Waals surface area contributed by atoms with Crippen molar-refractivity contribution in [3.05, 3.63) is 29.8 Å². The molecule has 0 spiro atoms. The highest BCUT2D eigenvalue weighted by atomic mass is 16.5. The van der Waals surface area contributed by atoms with E-state index in [2.05, 4.69) is 36.1 Å². The monoisotopic (exact) mass is 246 g/mol. The molecule has 0 aromatic heterocycles. The van der Waals surface area contributed by atoms with Crippen molar-refractivity contribution in [1.29, 1.82) is 0 Å². The molecule has 2 fully saturated rings. The molecule has 0 radical (unpaired) electrons. The number of aryl methyl sites for hydroxylation is 1. The molecule has 1 amide bonds. The van der Waals surface area contributed by atoms with E-state index in [1.165, 1.54) is 11.3 Å². The molecular formula is C14H18N2O2. The number of anilines is 1. The van der Waals surface area contributed by atoms with Crippen LogP contribution in [0, 0.1) is 6.92 Å². The first-order valence-corrected chi connectivity index (χ1v) is 6.43. The second-order valence-electron chi connectivity index (χ2n) is 5.04. The molecule has 18 heavy (non-hydrogen) atoms. The van der Waals surface area contributed by atoms with Crippen molar-refractivity contribution in [3.8, 4) is 0 Å². The summed E-state index contributed by atoms with van der Waals surface area (Å²) in [5.74, 6) is 0.134. The molecule has 0 saturated carbocycles. The van der Waals surface area contributed by atoms with Gasteiger partial charge < -0.3 is 14.5 Å². The maximum Gasteiger partial charge on any atom is 0.249 e. The number of morpholine rings is 1. The summed E-state index contributed by atoms with van der Waals surface area (Å²) in [6, 6.07) is 8.77. The number of hydrogen-bond donors (Lipinski definition) is 0. The van der Waals surface area contributed by atoms with Gasteiger partial charge in [-0.3, -0.25) is 4.79 Å². The zero-order chi connectivity index (χ0) is 12.5. The fraction of sp³-hybridized carbons (Fsp3) is 0.500. The summed E-state index contributed by atoms with van der Waals surface area (Å²) in [6.45, 7) is 5.59. The van der Waals surface area contributed by atoms with Gasteiger partial charge >= 0.3 is 0 Å². The summed E-state index contributed by atoms with van der Waals surface area (Å²) in [4.78, 5) is 16.0. The highest BCUT2D eigenvalue weighted by Gasteiger charge is 2.33. The number of piperazine rings is 1. The van der Waals surface area contributed by atoms with Gasteiger partial charge in [0.1, 0.15) is 6.61 Å². The molecule has 96 valence electrons. The quantitative estimate of drug-likeness (QED) is 0.742. The SMILES string of the molecule is Cc1ccc(N2CCN3C(=O)COCC3C2)cc1. The minimum absolute atomic E-state index is 0.134. The van der Waals surface area contributed by atoms with Crippen LogP contribution < -0.4 is 4.90 Å². The molecular weight excluding hydrogens is 228 g/mol. The van der Waals surface area contributed by atoms with E-state index in [-0.39, 0.29) is 18.6 Å². The van der Waals surface area contributed by atoms with Gasteiger partial charge in [0, 0.05) is 25.3 Å². The van der Waals surface area contributed by atoms with Crippen LogP contribution in [0.25, 0.3) is 0 Å². The Hall–Kier alpha value is -1.55. The van der Waals surface area contributed by atoms with Gasteiger partial charge in [-0.1, -0.05) is 17.7 Å². The van der Waals surface area contributed by atoms with Crippen molar-refractivity contribution in [1.82, 2.24) is 4.90 Å². The van der Waals surface area contributed by atoms with Gasteiger partial charge in [0.15, 0.2) is 0 Å². The number of carbonyl (C=O) groups excluding carboxylic acids is 1. The second kappa shape index (κ2) is 4.61. The van der Waals surface area contributed by atoms with E-state index >= 15 is 0 Å². The van der Waals surface area contributed by atoms with Gasteiger partial charge in [0.05, 0.1) is 12.6 Å². The summed E-state index contributed by atoms with van der Waals surface area (Å²) in [7, 11) is 0. The molecule has 1 unspecified atom stereocenters. The third kappa shape index (κ3) is 2.08. The minimum Gasteiger partial charge on any atom is -0.369 e. The fourth-order valence-electron chi connectivity index (χ4n) is 2.68. The Morgan fingerprint density at radius 2 is 2.00 bits per heavy atom. The van der Waals surface area contributed by atoms with Gasteiger partial charge in [0.25, 0.3) is 0 Å². The van der Waals surface area contributed by atoms with Crippen LogP contribution in [-0.2, 0) is 9.53 Å². The molecule has 1 aromatic rings. The predicted octanol–water partition coefficient (Wildman–Crippen LogP) is 1.04. The molecule has 1 aromatic carbocycles. The van der Waals surface area contributed by atoms with Crippen molar-refractivity contribution in [3.63, 3.8) is 0 Å². The summed E-state index contributed by atoms with van der Waals surface area (Å²) in [6.07, 6.45) is 0. The van der Waals surface area contributed by atoms with Gasteiger partial charge in [-0.05, 0) is 19.1 Å². The van der Waals surface area contributed by atoms with E-state index < -0.39 is 0 Å². The molecule has 1 atom stereocenters. The van der Waals surface area contributed by atoms with E-state index in [1.807, 2.05) is 4.90 Å². The second-order valence-corrected chi connectivity index (χ2v) is 5.04. The topological polar surface area (TPSA) is 32.8 Å². The average Bonchev–Trinajstić information content (AvgIpc) is 2.39. The molecule has 0 bridgehead atoms. The number of rotatable bonds is 1. The Bertz CT molecular complexity index is 444. The van der Waals surface area contributed by atoms with Crippen molar-refractivity contribution in [2.45, 2.75) is 13.0 Å². The lowest BCUT2D eigenvalue weighted by atomic mass is 10.1. The van der Waals surface area contributed by atoms with E-state index in [0.717, 1.165) is 19.6 Å². The molecule has 2 aliphatic rings. The first kappa shape index (κ1) is 11.5. The number of ether oxygens (including phenoxy) is 1. The highest BCUT2D eigenvalue weighted by molar-refractivity contribution is 5.78. The van der Waals surface area contributed by atoms with E-state index in [4.69, 9.17) is 4.74 Å². The first-order valence-electron chi connectivity index (χ1n) is 6.43. The van der Waals surface area contributed by atoms with Crippen molar-refractivity contribution in [2.24, 2.45) is 0 Å². The maximum atomic E-state index is 11.7. The Morgan fingerprint density at radius 1 is 1.22 bits per heavy atom. The standard InChI is InChI=1S/C14H18N2O2/c1-11-2-4-12(5-3-11)15-6-7-16-13(8-15)9-18-10-14(16)17/h2-5,13H,6-10H2,1H3. The largest absolute Gasteiger partial charge is 0.369 e. The molecule has 0 N–H and O–H groups in total. The van der Waals surface area contributed by atoms with Crippen LogP contribution in [-0.4, -0.2) is 49.7 Å². The average molecular weight is 246 g/mol. The first-order chi connectivity index (χ1) is 8.74. The lowest BCUT2D eigenvalue weighted by Crippen LogP contribution is -2.60. The number of carbonyl (C=O) groups is 1. The van der Waals surface area contributed by atoms with Crippen LogP contribution in [0.1, 0.15) is 5.56 Å². The third-order valence-electron chi connectivity index (χ3n) is 3.74. The lowest BCUT2D eigenvalue weighted by molar-refractivity contribution is -0.148. The van der Waals surface area contributed by atoms with Crippen molar-refractivity contribution < 1.29 is 9.53 Å².